The average Bonchev–Trinajstić information content (AvgIpc) is 3.06. The summed E-state index contributed by atoms with van der Waals surface area (Å²) in [5.41, 5.74) is 2.97. The van der Waals surface area contributed by atoms with E-state index in [-0.39, 0.29) is 11.8 Å². The summed E-state index contributed by atoms with van der Waals surface area (Å²) >= 11 is 0. The number of benzene rings is 2. The van der Waals surface area contributed by atoms with E-state index < -0.39 is 0 Å². The second-order valence-corrected chi connectivity index (χ2v) is 6.98. The number of carbonyl (C=O) groups is 1. The van der Waals surface area contributed by atoms with Crippen LogP contribution in [-0.4, -0.2) is 47.6 Å². The fraction of sp³-hybridized carbons (Fsp3) is 0.318. The molecule has 1 fully saturated rings. The van der Waals surface area contributed by atoms with Crippen LogP contribution in [0.1, 0.15) is 12.1 Å². The molecule has 0 aliphatic carbocycles. The number of hydrogen-bond donors (Lipinski definition) is 0. The lowest BCUT2D eigenvalue weighted by Gasteiger charge is -2.16. The van der Waals surface area contributed by atoms with E-state index in [1.165, 1.54) is 0 Å². The highest BCUT2D eigenvalue weighted by Crippen LogP contribution is 2.27. The second-order valence-electron chi connectivity index (χ2n) is 6.98. The summed E-state index contributed by atoms with van der Waals surface area (Å²) in [5, 5.41) is 1.07. The van der Waals surface area contributed by atoms with Gasteiger partial charge in [0.25, 0.3) is 0 Å². The van der Waals surface area contributed by atoms with E-state index in [2.05, 4.69) is 6.07 Å². The Labute approximate surface area is 159 Å². The van der Waals surface area contributed by atoms with Gasteiger partial charge in [-0.3, -0.25) is 4.79 Å². The molecule has 2 aromatic carbocycles. The van der Waals surface area contributed by atoms with Crippen molar-refractivity contribution in [3.63, 3.8) is 0 Å². The molecule has 1 aliphatic heterocycles. The predicted molar refractivity (Wildman–Crippen MR) is 105 cm³/mol. The number of methoxy groups -OCH3 is 1. The molecule has 27 heavy (non-hydrogen) atoms. The van der Waals surface area contributed by atoms with E-state index in [9.17, 15) is 4.79 Å². The van der Waals surface area contributed by atoms with Crippen molar-refractivity contribution in [3.8, 4) is 11.4 Å². The fourth-order valence-electron chi connectivity index (χ4n) is 3.70. The van der Waals surface area contributed by atoms with Gasteiger partial charge in [0.1, 0.15) is 0 Å². The Hall–Kier alpha value is -2.79. The Kier molecular flexibility index (Phi) is 5.12. The lowest BCUT2D eigenvalue weighted by Crippen LogP contribution is -2.29. The zero-order valence-electron chi connectivity index (χ0n) is 15.5. The van der Waals surface area contributed by atoms with Crippen molar-refractivity contribution in [2.24, 2.45) is 5.92 Å². The minimum absolute atomic E-state index is 0.207. The van der Waals surface area contributed by atoms with Gasteiger partial charge in [-0.25, -0.2) is 9.97 Å². The number of carbonyl (C=O) groups excluding carboxylic acids is 1. The Bertz CT molecular complexity index is 943. The molecule has 4 rings (SSSR count). The van der Waals surface area contributed by atoms with Crippen LogP contribution >= 0.6 is 0 Å². The van der Waals surface area contributed by atoms with Crippen LogP contribution in [-0.2, 0) is 16.0 Å². The first-order valence-corrected chi connectivity index (χ1v) is 9.32. The van der Waals surface area contributed by atoms with Crippen LogP contribution in [0.3, 0.4) is 0 Å². The zero-order valence-corrected chi connectivity index (χ0v) is 15.5. The van der Waals surface area contributed by atoms with Crippen LogP contribution in [0, 0.1) is 5.92 Å². The molecule has 0 saturated carbocycles. The third-order valence-corrected chi connectivity index (χ3v) is 5.06. The van der Waals surface area contributed by atoms with Crippen molar-refractivity contribution in [2.75, 3.05) is 26.8 Å². The molecule has 1 aliphatic rings. The van der Waals surface area contributed by atoms with Crippen LogP contribution < -0.4 is 0 Å². The highest BCUT2D eigenvalue weighted by molar-refractivity contribution is 5.83. The molecule has 3 aromatic rings. The fourth-order valence-corrected chi connectivity index (χ4v) is 3.70. The molecule has 1 amide bonds. The Balaban J connectivity index is 1.64. The maximum Gasteiger partial charge on any atom is 0.223 e. The van der Waals surface area contributed by atoms with Gasteiger partial charge in [-0.15, -0.1) is 0 Å². The molecule has 0 spiro atoms. The number of hydrogen-bond acceptors (Lipinski definition) is 4. The first-order chi connectivity index (χ1) is 13.2. The molecule has 0 radical (unpaired) electrons. The van der Waals surface area contributed by atoms with Crippen LogP contribution in [0.25, 0.3) is 22.3 Å². The number of nitrogens with zero attached hydrogens (tertiary/aromatic N) is 3. The maximum absolute atomic E-state index is 12.3. The van der Waals surface area contributed by atoms with Crippen molar-refractivity contribution in [2.45, 2.75) is 12.8 Å². The Morgan fingerprint density at radius 3 is 2.67 bits per heavy atom. The van der Waals surface area contributed by atoms with E-state index in [1.807, 2.05) is 53.4 Å². The second kappa shape index (κ2) is 7.84. The topological polar surface area (TPSA) is 55.3 Å². The van der Waals surface area contributed by atoms with Crippen LogP contribution in [0.4, 0.5) is 0 Å². The normalized spacial score (nSPS) is 17.0. The molecular weight excluding hydrogens is 338 g/mol. The van der Waals surface area contributed by atoms with Crippen LogP contribution in [0.2, 0.25) is 0 Å². The van der Waals surface area contributed by atoms with Crippen molar-refractivity contribution in [1.82, 2.24) is 14.9 Å². The SMILES string of the molecule is COCCN1C[C@H](Cc2nc(-c3ccccc3)nc3ccccc23)CC1=O. The maximum atomic E-state index is 12.3. The number of amides is 1. The summed E-state index contributed by atoms with van der Waals surface area (Å²) in [5.74, 6) is 1.22. The zero-order chi connectivity index (χ0) is 18.6. The Morgan fingerprint density at radius 2 is 1.85 bits per heavy atom. The van der Waals surface area contributed by atoms with Gasteiger partial charge < -0.3 is 9.64 Å². The smallest absolute Gasteiger partial charge is 0.223 e. The van der Waals surface area contributed by atoms with Gasteiger partial charge in [-0.05, 0) is 18.4 Å². The molecule has 5 nitrogen and oxygen atoms in total. The molecule has 5 heteroatoms. The Morgan fingerprint density at radius 1 is 1.07 bits per heavy atom. The standard InChI is InChI=1S/C22H23N3O2/c1-27-12-11-25-15-16(14-21(25)26)13-20-18-9-5-6-10-19(18)23-22(24-20)17-7-3-2-4-8-17/h2-10,16H,11-15H2,1H3/t16-/m1/s1. The van der Waals surface area contributed by atoms with E-state index >= 15 is 0 Å². The lowest BCUT2D eigenvalue weighted by atomic mass is 9.99. The van der Waals surface area contributed by atoms with Crippen LogP contribution in [0.5, 0.6) is 0 Å². The molecular formula is C22H23N3O2. The van der Waals surface area contributed by atoms with Crippen LogP contribution in [0.15, 0.2) is 54.6 Å². The number of para-hydroxylation sites is 1. The van der Waals surface area contributed by atoms with E-state index in [0.717, 1.165) is 41.0 Å². The van der Waals surface area contributed by atoms with Crippen molar-refractivity contribution in [1.29, 1.82) is 0 Å². The number of fused-ring (bicyclic) bond motifs is 1. The van der Waals surface area contributed by atoms with E-state index in [0.29, 0.717) is 19.6 Å². The summed E-state index contributed by atoms with van der Waals surface area (Å²) in [6.45, 7) is 2.00. The summed E-state index contributed by atoms with van der Waals surface area (Å²) in [6, 6.07) is 18.1. The van der Waals surface area contributed by atoms with Crippen molar-refractivity contribution < 1.29 is 9.53 Å². The molecule has 1 saturated heterocycles. The average molecular weight is 361 g/mol. The molecule has 2 heterocycles. The monoisotopic (exact) mass is 361 g/mol. The van der Waals surface area contributed by atoms with Gasteiger partial charge in [0.15, 0.2) is 5.82 Å². The summed E-state index contributed by atoms with van der Waals surface area (Å²) in [6.07, 6.45) is 1.35. The quantitative estimate of drug-likeness (QED) is 0.676. The summed E-state index contributed by atoms with van der Waals surface area (Å²) in [4.78, 5) is 23.8. The largest absolute Gasteiger partial charge is 0.383 e. The van der Waals surface area contributed by atoms with Gasteiger partial charge in [0.05, 0.1) is 17.8 Å². The summed E-state index contributed by atoms with van der Waals surface area (Å²) < 4.78 is 5.11. The van der Waals surface area contributed by atoms with E-state index in [4.69, 9.17) is 14.7 Å². The van der Waals surface area contributed by atoms with Gasteiger partial charge >= 0.3 is 0 Å². The lowest BCUT2D eigenvalue weighted by molar-refractivity contribution is -0.128. The third-order valence-electron chi connectivity index (χ3n) is 5.06. The first-order valence-electron chi connectivity index (χ1n) is 9.32. The molecule has 0 unspecified atom stereocenters. The van der Waals surface area contributed by atoms with Gasteiger partial charge in [-0.2, -0.15) is 0 Å². The van der Waals surface area contributed by atoms with Crippen molar-refractivity contribution in [3.05, 3.63) is 60.3 Å². The highest BCUT2D eigenvalue weighted by atomic mass is 16.5. The number of ether oxygens (including phenoxy) is 1. The molecule has 1 aromatic heterocycles. The minimum atomic E-state index is 0.207. The highest BCUT2D eigenvalue weighted by Gasteiger charge is 2.30. The summed E-state index contributed by atoms with van der Waals surface area (Å²) in [7, 11) is 1.66. The molecule has 0 bridgehead atoms. The van der Waals surface area contributed by atoms with E-state index in [1.54, 1.807) is 7.11 Å². The molecule has 0 N–H and O–H groups in total. The minimum Gasteiger partial charge on any atom is -0.383 e. The number of likely N-dealkylation sites (tertiary alicyclic amines) is 1. The molecule has 1 atom stereocenters. The van der Waals surface area contributed by atoms with Gasteiger partial charge in [0, 0.05) is 37.6 Å². The number of rotatable bonds is 6. The van der Waals surface area contributed by atoms with Gasteiger partial charge in [-0.1, -0.05) is 48.5 Å². The third kappa shape index (κ3) is 3.83. The van der Waals surface area contributed by atoms with Gasteiger partial charge in [0.2, 0.25) is 5.91 Å². The number of aromatic nitrogens is 2. The predicted octanol–water partition coefficient (Wildman–Crippen LogP) is 3.33. The van der Waals surface area contributed by atoms with Crippen molar-refractivity contribution >= 4 is 16.8 Å². The first kappa shape index (κ1) is 17.6. The molecule has 138 valence electrons.